The lowest BCUT2D eigenvalue weighted by molar-refractivity contribution is -0.136. The summed E-state index contributed by atoms with van der Waals surface area (Å²) in [6, 6.07) is 8.70. The van der Waals surface area contributed by atoms with Gasteiger partial charge in [-0.2, -0.15) is 0 Å². The van der Waals surface area contributed by atoms with Crippen molar-refractivity contribution >= 4 is 11.7 Å². The van der Waals surface area contributed by atoms with Crippen molar-refractivity contribution in [2.24, 2.45) is 5.92 Å². The number of carboxylic acids is 1. The normalized spacial score (nSPS) is 12.4. The molecule has 3 nitrogen and oxygen atoms in total. The number of nitrogens with zero attached hydrogens (tertiary/aromatic N) is 1. The fraction of sp³-hybridized carbons (Fsp3) is 0.588. The van der Waals surface area contributed by atoms with Gasteiger partial charge < -0.3 is 10.0 Å². The van der Waals surface area contributed by atoms with Gasteiger partial charge in [0.1, 0.15) is 0 Å². The van der Waals surface area contributed by atoms with E-state index in [2.05, 4.69) is 56.9 Å². The molecule has 0 aliphatic heterocycles. The maximum Gasteiger partial charge on any atom is 0.305 e. The number of hydrogen-bond donors (Lipinski definition) is 1. The number of aryl methyl sites for hydroxylation is 1. The number of rotatable bonds is 8. The Morgan fingerprint density at radius 1 is 1.15 bits per heavy atom. The first-order valence-corrected chi connectivity index (χ1v) is 7.45. The maximum atomic E-state index is 10.9. The Morgan fingerprint density at radius 2 is 1.75 bits per heavy atom. The van der Waals surface area contributed by atoms with E-state index >= 15 is 0 Å². The van der Waals surface area contributed by atoms with Crippen LogP contribution in [0.5, 0.6) is 0 Å². The van der Waals surface area contributed by atoms with Gasteiger partial charge in [-0.3, -0.25) is 4.79 Å². The van der Waals surface area contributed by atoms with E-state index in [9.17, 15) is 4.79 Å². The Hall–Kier alpha value is -1.51. The molecule has 1 rings (SSSR count). The second kappa shape index (κ2) is 7.93. The van der Waals surface area contributed by atoms with Crippen molar-refractivity contribution in [3.05, 3.63) is 29.8 Å². The van der Waals surface area contributed by atoms with Crippen molar-refractivity contribution in [1.82, 2.24) is 0 Å². The van der Waals surface area contributed by atoms with Gasteiger partial charge in [0, 0.05) is 18.3 Å². The van der Waals surface area contributed by atoms with Crippen LogP contribution in [0.4, 0.5) is 5.69 Å². The molecule has 0 aromatic heterocycles. The monoisotopic (exact) mass is 277 g/mol. The van der Waals surface area contributed by atoms with Crippen LogP contribution in [0.1, 0.15) is 45.6 Å². The van der Waals surface area contributed by atoms with Crippen LogP contribution < -0.4 is 4.90 Å². The van der Waals surface area contributed by atoms with Gasteiger partial charge in [-0.15, -0.1) is 0 Å². The number of carbonyl (C=O) groups is 1. The average molecular weight is 277 g/mol. The third-order valence-electron chi connectivity index (χ3n) is 3.63. The molecule has 1 atom stereocenters. The minimum Gasteiger partial charge on any atom is -0.481 e. The molecule has 0 amide bonds. The zero-order chi connectivity index (χ0) is 15.1. The van der Waals surface area contributed by atoms with E-state index in [-0.39, 0.29) is 6.42 Å². The SMILES string of the molecule is Cc1ccc(N(CCC(=O)O)C(C)CCC(C)C)cc1. The molecule has 0 radical (unpaired) electrons. The fourth-order valence-corrected chi connectivity index (χ4v) is 2.29. The first-order valence-electron chi connectivity index (χ1n) is 7.45. The number of aliphatic carboxylic acids is 1. The summed E-state index contributed by atoms with van der Waals surface area (Å²) in [5.41, 5.74) is 2.34. The topological polar surface area (TPSA) is 40.5 Å². The predicted molar refractivity (Wildman–Crippen MR) is 84.3 cm³/mol. The third kappa shape index (κ3) is 5.64. The summed E-state index contributed by atoms with van der Waals surface area (Å²) in [6.45, 7) is 9.26. The number of carboxylic acid groups (broad SMARTS) is 1. The van der Waals surface area contributed by atoms with Gasteiger partial charge in [0.2, 0.25) is 0 Å². The molecule has 1 aromatic carbocycles. The van der Waals surface area contributed by atoms with Gasteiger partial charge in [-0.1, -0.05) is 31.5 Å². The molecule has 0 saturated heterocycles. The highest BCUT2D eigenvalue weighted by atomic mass is 16.4. The summed E-state index contributed by atoms with van der Waals surface area (Å²) in [5.74, 6) is -0.0602. The van der Waals surface area contributed by atoms with Gasteiger partial charge in [-0.05, 0) is 44.7 Å². The van der Waals surface area contributed by atoms with E-state index in [0.29, 0.717) is 18.5 Å². The quantitative estimate of drug-likeness (QED) is 0.777. The van der Waals surface area contributed by atoms with Gasteiger partial charge in [0.05, 0.1) is 6.42 Å². The molecule has 0 fully saturated rings. The Kier molecular flexibility index (Phi) is 6.56. The van der Waals surface area contributed by atoms with Crippen LogP contribution in [-0.2, 0) is 4.79 Å². The lowest BCUT2D eigenvalue weighted by Crippen LogP contribution is -2.35. The lowest BCUT2D eigenvalue weighted by atomic mass is 10.0. The van der Waals surface area contributed by atoms with Crippen molar-refractivity contribution in [2.75, 3.05) is 11.4 Å². The van der Waals surface area contributed by atoms with E-state index in [4.69, 9.17) is 5.11 Å². The van der Waals surface area contributed by atoms with Crippen LogP contribution >= 0.6 is 0 Å². The summed E-state index contributed by atoms with van der Waals surface area (Å²) >= 11 is 0. The standard InChI is InChI=1S/C17H27NO2/c1-13(2)5-8-15(4)18(12-11-17(19)20)16-9-6-14(3)7-10-16/h6-7,9-10,13,15H,5,8,11-12H2,1-4H3,(H,19,20). The van der Waals surface area contributed by atoms with Crippen LogP contribution in [0.25, 0.3) is 0 Å². The highest BCUT2D eigenvalue weighted by Crippen LogP contribution is 2.21. The third-order valence-corrected chi connectivity index (χ3v) is 3.63. The lowest BCUT2D eigenvalue weighted by Gasteiger charge is -2.31. The average Bonchev–Trinajstić information content (AvgIpc) is 2.38. The molecule has 1 aromatic rings. The molecule has 112 valence electrons. The molecule has 1 unspecified atom stereocenters. The summed E-state index contributed by atoms with van der Waals surface area (Å²) in [6.07, 6.45) is 2.43. The Bertz CT molecular complexity index is 412. The van der Waals surface area contributed by atoms with Crippen molar-refractivity contribution in [3.63, 3.8) is 0 Å². The van der Waals surface area contributed by atoms with Crippen molar-refractivity contribution in [2.45, 2.75) is 53.0 Å². The Labute approximate surface area is 122 Å². The molecular weight excluding hydrogens is 250 g/mol. The highest BCUT2D eigenvalue weighted by Gasteiger charge is 2.16. The minimum absolute atomic E-state index is 0.180. The van der Waals surface area contributed by atoms with Crippen molar-refractivity contribution in [3.8, 4) is 0 Å². The van der Waals surface area contributed by atoms with Gasteiger partial charge in [0.25, 0.3) is 0 Å². The smallest absolute Gasteiger partial charge is 0.305 e. The zero-order valence-electron chi connectivity index (χ0n) is 13.1. The van der Waals surface area contributed by atoms with Crippen LogP contribution in [0.3, 0.4) is 0 Å². The van der Waals surface area contributed by atoms with Crippen LogP contribution in [0, 0.1) is 12.8 Å². The maximum absolute atomic E-state index is 10.9. The first-order chi connectivity index (χ1) is 9.40. The number of anilines is 1. The van der Waals surface area contributed by atoms with E-state index < -0.39 is 5.97 Å². The molecule has 0 saturated carbocycles. The summed E-state index contributed by atoms with van der Waals surface area (Å²) in [4.78, 5) is 13.1. The fourth-order valence-electron chi connectivity index (χ4n) is 2.29. The Balaban J connectivity index is 2.78. The van der Waals surface area contributed by atoms with Crippen LogP contribution in [0.15, 0.2) is 24.3 Å². The van der Waals surface area contributed by atoms with E-state index in [1.165, 1.54) is 5.56 Å². The van der Waals surface area contributed by atoms with Crippen LogP contribution in [-0.4, -0.2) is 23.7 Å². The molecule has 0 spiro atoms. The molecule has 1 N–H and O–H groups in total. The van der Waals surface area contributed by atoms with Crippen molar-refractivity contribution < 1.29 is 9.90 Å². The second-order valence-corrected chi connectivity index (χ2v) is 5.99. The molecular formula is C17H27NO2. The van der Waals surface area contributed by atoms with Gasteiger partial charge in [0.15, 0.2) is 0 Å². The van der Waals surface area contributed by atoms with Crippen LogP contribution in [0.2, 0.25) is 0 Å². The molecule has 0 aliphatic carbocycles. The molecule has 3 heteroatoms. The summed E-state index contributed by atoms with van der Waals surface area (Å²) in [5, 5.41) is 8.93. The van der Waals surface area contributed by atoms with Crippen molar-refractivity contribution in [1.29, 1.82) is 0 Å². The highest BCUT2D eigenvalue weighted by molar-refractivity contribution is 5.67. The van der Waals surface area contributed by atoms with E-state index in [1.807, 2.05) is 0 Å². The molecule has 20 heavy (non-hydrogen) atoms. The van der Waals surface area contributed by atoms with Gasteiger partial charge >= 0.3 is 5.97 Å². The zero-order valence-corrected chi connectivity index (χ0v) is 13.1. The second-order valence-electron chi connectivity index (χ2n) is 5.99. The van der Waals surface area contributed by atoms with E-state index in [0.717, 1.165) is 18.5 Å². The Morgan fingerprint density at radius 3 is 2.25 bits per heavy atom. The number of benzene rings is 1. The molecule has 0 aliphatic rings. The summed E-state index contributed by atoms with van der Waals surface area (Å²) < 4.78 is 0. The predicted octanol–water partition coefficient (Wildman–Crippen LogP) is 4.10. The number of hydrogen-bond acceptors (Lipinski definition) is 2. The van der Waals surface area contributed by atoms with Gasteiger partial charge in [-0.25, -0.2) is 0 Å². The summed E-state index contributed by atoms with van der Waals surface area (Å²) in [7, 11) is 0. The molecule has 0 bridgehead atoms. The molecule has 0 heterocycles. The largest absolute Gasteiger partial charge is 0.481 e. The minimum atomic E-state index is -0.738. The van der Waals surface area contributed by atoms with E-state index in [1.54, 1.807) is 0 Å². The first kappa shape index (κ1) is 16.5.